The van der Waals surface area contributed by atoms with Crippen LogP contribution in [0.4, 0.5) is 4.79 Å². The van der Waals surface area contributed by atoms with E-state index in [0.717, 1.165) is 0 Å². The monoisotopic (exact) mass is 190 g/mol. The van der Waals surface area contributed by atoms with Gasteiger partial charge in [-0.05, 0) is 6.16 Å². The Labute approximate surface area is 157 Å². The fourth-order valence-electron chi connectivity index (χ4n) is 0. The van der Waals surface area contributed by atoms with Crippen molar-refractivity contribution in [1.82, 2.24) is 0 Å². The van der Waals surface area contributed by atoms with Crippen molar-refractivity contribution in [2.45, 2.75) is 0 Å². The summed E-state index contributed by atoms with van der Waals surface area (Å²) < 4.78 is 0. The van der Waals surface area contributed by atoms with E-state index in [1.165, 1.54) is 0 Å². The summed E-state index contributed by atoms with van der Waals surface area (Å²) >= 11 is 0. The third kappa shape index (κ3) is 52.7. The molecule has 0 spiro atoms. The number of carbonyl (C=O) groups is 1. The van der Waals surface area contributed by atoms with E-state index in [9.17, 15) is 0 Å². The number of hydrogen-bond donors (Lipinski definition) is 0. The first-order valence-corrected chi connectivity index (χ1v) is 0.612. The fourth-order valence-corrected chi connectivity index (χ4v) is 0. The van der Waals surface area contributed by atoms with Gasteiger partial charge in [0.15, 0.2) is 0 Å². The standard InChI is InChI=1S/CH2O3.2Ca.2Na.4H/c2-1(3)4;;;;;;;;/h(H2,2,3,4);;;;;;;;/q;2*+2;2*+1;4*-1/p-2. The molecule has 0 saturated carbocycles. The molecule has 0 amide bonds. The van der Waals surface area contributed by atoms with Crippen LogP contribution >= 0.6 is 0 Å². The summed E-state index contributed by atoms with van der Waals surface area (Å²) in [5.41, 5.74) is 0. The number of rotatable bonds is 0. The molecule has 0 aliphatic rings. The van der Waals surface area contributed by atoms with Crippen LogP contribution in [0.2, 0.25) is 0 Å². The van der Waals surface area contributed by atoms with Crippen molar-refractivity contribution in [2.24, 2.45) is 0 Å². The zero-order valence-electron chi connectivity index (χ0n) is 9.14. The van der Waals surface area contributed by atoms with E-state index in [2.05, 4.69) is 0 Å². The summed E-state index contributed by atoms with van der Waals surface area (Å²) in [7, 11) is 0. The smallest absolute Gasteiger partial charge is 1.00 e. The molecule has 0 unspecified atom stereocenters. The molecule has 0 rings (SSSR count). The van der Waals surface area contributed by atoms with Crippen LogP contribution < -0.4 is 69.3 Å². The summed E-state index contributed by atoms with van der Waals surface area (Å²) in [5.74, 6) is 0. The molecule has 0 aromatic heterocycles. The minimum atomic E-state index is -2.33. The van der Waals surface area contributed by atoms with Gasteiger partial charge >= 0.3 is 135 Å². The van der Waals surface area contributed by atoms with Gasteiger partial charge in [-0.3, -0.25) is 0 Å². The van der Waals surface area contributed by atoms with Gasteiger partial charge in [-0.25, -0.2) is 0 Å². The fraction of sp³-hybridized carbons (Fsp3) is 0. The maximum absolute atomic E-state index is 8.33. The Morgan fingerprint density at radius 3 is 1.12 bits per heavy atom. The van der Waals surface area contributed by atoms with Gasteiger partial charge in [0.2, 0.25) is 0 Å². The summed E-state index contributed by atoms with van der Waals surface area (Å²) in [6, 6.07) is 0. The Balaban J connectivity index is -0.00000000161. The van der Waals surface area contributed by atoms with Gasteiger partial charge < -0.3 is 20.7 Å². The quantitative estimate of drug-likeness (QED) is 0.356. The Bertz CT molecular complexity index is 49.3. The molecule has 0 bridgehead atoms. The molecular weight excluding hydrogens is 186 g/mol. The van der Waals surface area contributed by atoms with E-state index in [4.69, 9.17) is 15.0 Å². The topological polar surface area (TPSA) is 63.2 Å². The van der Waals surface area contributed by atoms with Gasteiger partial charge in [0, 0.05) is 0 Å². The van der Waals surface area contributed by atoms with Crippen LogP contribution in [0.5, 0.6) is 0 Å². The normalized spacial score (nSPS) is 3.00. The SMILES string of the molecule is O=C([O-])[O-].[Ca+2].[Ca+2].[H-].[H-].[H-].[H-].[Na+].[Na+]. The zero-order valence-corrected chi connectivity index (χ0v) is 13.6. The number of hydrogen-bond acceptors (Lipinski definition) is 3. The third-order valence-corrected chi connectivity index (χ3v) is 0. The average Bonchev–Trinajstić information content (AvgIpc) is 0.811. The molecule has 0 aromatic carbocycles. The van der Waals surface area contributed by atoms with Crippen molar-refractivity contribution >= 4 is 81.6 Å². The molecule has 0 atom stereocenters. The Kier molecular flexibility index (Phi) is 83.5. The van der Waals surface area contributed by atoms with E-state index < -0.39 is 6.16 Å². The molecule has 0 heterocycles. The van der Waals surface area contributed by atoms with Gasteiger partial charge in [0.25, 0.3) is 0 Å². The predicted octanol–water partition coefficient (Wildman–Crippen LogP) is -8.75. The van der Waals surface area contributed by atoms with Crippen LogP contribution in [0.25, 0.3) is 0 Å². The van der Waals surface area contributed by atoms with Gasteiger partial charge in [-0.2, -0.15) is 0 Å². The van der Waals surface area contributed by atoms with Gasteiger partial charge in [-0.1, -0.05) is 0 Å². The maximum atomic E-state index is 8.33. The second-order valence-corrected chi connectivity index (χ2v) is 0.250. The van der Waals surface area contributed by atoms with Crippen molar-refractivity contribution in [3.8, 4) is 0 Å². The average molecular weight is 190 g/mol. The van der Waals surface area contributed by atoms with Gasteiger partial charge in [0.05, 0.1) is 0 Å². The van der Waals surface area contributed by atoms with Crippen LogP contribution in [0.3, 0.4) is 0 Å². The number of carboxylic acid groups (broad SMARTS) is 2. The Morgan fingerprint density at radius 2 is 1.12 bits per heavy atom. The molecule has 0 aromatic rings. The van der Waals surface area contributed by atoms with E-state index in [1.54, 1.807) is 0 Å². The third-order valence-electron chi connectivity index (χ3n) is 0. The molecule has 0 N–H and O–H groups in total. The summed E-state index contributed by atoms with van der Waals surface area (Å²) in [6.45, 7) is 0. The molecule has 7 heteroatoms. The second kappa shape index (κ2) is 22.4. The largest absolute Gasteiger partial charge is 2.00 e. The van der Waals surface area contributed by atoms with Crippen molar-refractivity contribution in [3.63, 3.8) is 0 Å². The molecule has 0 radical (unpaired) electrons. The van der Waals surface area contributed by atoms with Crippen molar-refractivity contribution in [1.29, 1.82) is 0 Å². The predicted molar refractivity (Wildman–Crippen MR) is 21.4 cm³/mol. The van der Waals surface area contributed by atoms with Crippen LogP contribution in [0.15, 0.2) is 0 Å². The van der Waals surface area contributed by atoms with Crippen LogP contribution in [0, 0.1) is 0 Å². The van der Waals surface area contributed by atoms with Gasteiger partial charge in [0.1, 0.15) is 0 Å². The molecule has 0 saturated heterocycles. The molecule has 3 nitrogen and oxygen atoms in total. The molecule has 0 aliphatic carbocycles. The molecular formula is CH4Ca2Na2O3. The number of carbonyl (C=O) groups excluding carboxylic acids is 1. The second-order valence-electron chi connectivity index (χ2n) is 0.250. The summed E-state index contributed by atoms with van der Waals surface area (Å²) in [4.78, 5) is 8.33. The molecule has 0 fully saturated rings. The maximum Gasteiger partial charge on any atom is 2.00 e. The van der Waals surface area contributed by atoms with E-state index in [-0.39, 0.29) is 140 Å². The van der Waals surface area contributed by atoms with Gasteiger partial charge in [-0.15, -0.1) is 0 Å². The van der Waals surface area contributed by atoms with E-state index >= 15 is 0 Å². The molecule has 32 valence electrons. The minimum absolute atomic E-state index is 0. The van der Waals surface area contributed by atoms with E-state index in [0.29, 0.717) is 0 Å². The molecule has 8 heavy (non-hydrogen) atoms. The minimum Gasteiger partial charge on any atom is -1.00 e. The Hall–Kier alpha value is 3.79. The van der Waals surface area contributed by atoms with Crippen molar-refractivity contribution in [2.75, 3.05) is 0 Å². The zero-order chi connectivity index (χ0) is 3.58. The van der Waals surface area contributed by atoms with Crippen LogP contribution in [-0.2, 0) is 0 Å². The first kappa shape index (κ1) is 29.8. The first-order chi connectivity index (χ1) is 1.73. The summed E-state index contributed by atoms with van der Waals surface area (Å²) in [6.07, 6.45) is -2.33. The van der Waals surface area contributed by atoms with Crippen molar-refractivity contribution < 1.29 is 79.8 Å². The van der Waals surface area contributed by atoms with E-state index in [1.807, 2.05) is 0 Å². The van der Waals surface area contributed by atoms with Crippen molar-refractivity contribution in [3.05, 3.63) is 0 Å². The Morgan fingerprint density at radius 1 is 1.12 bits per heavy atom. The van der Waals surface area contributed by atoms with Crippen LogP contribution in [0.1, 0.15) is 5.71 Å². The summed E-state index contributed by atoms with van der Waals surface area (Å²) in [5, 5.41) is 16.7. The first-order valence-electron chi connectivity index (χ1n) is 0.612. The molecule has 0 aliphatic heterocycles. The van der Waals surface area contributed by atoms with Crippen LogP contribution in [-0.4, -0.2) is 81.6 Å².